The minimum absolute atomic E-state index is 0.125. The van der Waals surface area contributed by atoms with Crippen LogP contribution in [0.4, 0.5) is 5.82 Å². The first kappa shape index (κ1) is 13.4. The Labute approximate surface area is 124 Å². The molecule has 3 aliphatic rings. The third-order valence-electron chi connectivity index (χ3n) is 4.97. The van der Waals surface area contributed by atoms with Crippen LogP contribution in [-0.4, -0.2) is 71.7 Å². The van der Waals surface area contributed by atoms with E-state index in [-0.39, 0.29) is 12.1 Å². The van der Waals surface area contributed by atoms with E-state index in [0.717, 1.165) is 24.6 Å². The summed E-state index contributed by atoms with van der Waals surface area (Å²) >= 11 is 0. The summed E-state index contributed by atoms with van der Waals surface area (Å²) in [4.78, 5) is 4.49. The number of aliphatic hydroxyl groups is 1. The summed E-state index contributed by atoms with van der Waals surface area (Å²) in [7, 11) is 2.08. The van der Waals surface area contributed by atoms with Crippen LogP contribution >= 0.6 is 0 Å². The lowest BCUT2D eigenvalue weighted by molar-refractivity contribution is 0.0635. The Hall–Kier alpha value is -1.24. The first-order chi connectivity index (χ1) is 10.2. The molecule has 1 aliphatic carbocycles. The number of hydrogen-bond donors (Lipinski definition) is 1. The van der Waals surface area contributed by atoms with Crippen molar-refractivity contribution in [3.05, 3.63) is 17.8 Å². The number of aromatic nitrogens is 2. The van der Waals surface area contributed by atoms with Crippen LogP contribution in [0, 0.1) is 0 Å². The fourth-order valence-electron chi connectivity index (χ4n) is 3.19. The molecule has 0 aromatic carbocycles. The molecule has 0 spiro atoms. The first-order valence-corrected chi connectivity index (χ1v) is 7.78. The van der Waals surface area contributed by atoms with E-state index in [2.05, 4.69) is 39.2 Å². The van der Waals surface area contributed by atoms with Gasteiger partial charge in [0.2, 0.25) is 0 Å². The van der Waals surface area contributed by atoms with Crippen LogP contribution in [0.15, 0.2) is 12.1 Å². The second-order valence-corrected chi connectivity index (χ2v) is 6.49. The number of aliphatic hydroxyl groups excluding tert-OH is 1. The Morgan fingerprint density at radius 1 is 1.24 bits per heavy atom. The molecule has 1 N–H and O–H groups in total. The van der Waals surface area contributed by atoms with Crippen molar-refractivity contribution in [3.63, 3.8) is 0 Å². The van der Waals surface area contributed by atoms with Crippen molar-refractivity contribution in [2.24, 2.45) is 0 Å². The number of nitrogens with zero attached hydrogens (tertiary/aromatic N) is 4. The predicted molar refractivity (Wildman–Crippen MR) is 78.4 cm³/mol. The monoisotopic (exact) mass is 290 g/mol. The van der Waals surface area contributed by atoms with Crippen molar-refractivity contribution in [1.29, 1.82) is 0 Å². The van der Waals surface area contributed by atoms with E-state index in [0.29, 0.717) is 25.2 Å². The van der Waals surface area contributed by atoms with Crippen molar-refractivity contribution in [1.82, 2.24) is 15.1 Å². The van der Waals surface area contributed by atoms with Crippen LogP contribution in [0.25, 0.3) is 0 Å². The lowest BCUT2D eigenvalue weighted by Crippen LogP contribution is -2.62. The maximum Gasteiger partial charge on any atom is 0.151 e. The minimum atomic E-state index is -0.360. The Morgan fingerprint density at radius 3 is 2.62 bits per heavy atom. The summed E-state index contributed by atoms with van der Waals surface area (Å²) in [6.07, 6.45) is 2.16. The zero-order chi connectivity index (χ0) is 14.4. The fourth-order valence-corrected chi connectivity index (χ4v) is 3.19. The summed E-state index contributed by atoms with van der Waals surface area (Å²) in [5, 5.41) is 18.6. The molecule has 2 aliphatic heterocycles. The molecule has 3 heterocycles. The zero-order valence-corrected chi connectivity index (χ0v) is 12.4. The van der Waals surface area contributed by atoms with Gasteiger partial charge in [0.1, 0.15) is 0 Å². The van der Waals surface area contributed by atoms with Crippen LogP contribution in [0.5, 0.6) is 0 Å². The third kappa shape index (κ3) is 2.52. The highest BCUT2D eigenvalue weighted by molar-refractivity contribution is 5.42. The van der Waals surface area contributed by atoms with Crippen LogP contribution in [-0.2, 0) is 4.74 Å². The van der Waals surface area contributed by atoms with E-state index in [1.165, 1.54) is 12.8 Å². The SMILES string of the molecule is CN(C1CN(c2ccc(C3CC3)nn2)C1)C1COCC1O. The van der Waals surface area contributed by atoms with Gasteiger partial charge in [-0.3, -0.25) is 4.90 Å². The van der Waals surface area contributed by atoms with Gasteiger partial charge in [0.25, 0.3) is 0 Å². The molecule has 0 bridgehead atoms. The Bertz CT molecular complexity index is 499. The molecule has 2 unspecified atom stereocenters. The molecule has 2 saturated heterocycles. The van der Waals surface area contributed by atoms with Gasteiger partial charge in [0, 0.05) is 25.0 Å². The Morgan fingerprint density at radius 2 is 2.05 bits per heavy atom. The average molecular weight is 290 g/mol. The highest BCUT2D eigenvalue weighted by Crippen LogP contribution is 2.38. The first-order valence-electron chi connectivity index (χ1n) is 7.78. The second-order valence-electron chi connectivity index (χ2n) is 6.49. The maximum atomic E-state index is 9.90. The molecular weight excluding hydrogens is 268 g/mol. The van der Waals surface area contributed by atoms with Gasteiger partial charge in [-0.05, 0) is 32.0 Å². The highest BCUT2D eigenvalue weighted by atomic mass is 16.5. The van der Waals surface area contributed by atoms with E-state index in [9.17, 15) is 5.11 Å². The highest BCUT2D eigenvalue weighted by Gasteiger charge is 2.39. The van der Waals surface area contributed by atoms with Crippen molar-refractivity contribution < 1.29 is 9.84 Å². The van der Waals surface area contributed by atoms with Crippen LogP contribution in [0.2, 0.25) is 0 Å². The number of hydrogen-bond acceptors (Lipinski definition) is 6. The summed E-state index contributed by atoms with van der Waals surface area (Å²) in [6.45, 7) is 2.97. The van der Waals surface area contributed by atoms with E-state index >= 15 is 0 Å². The number of likely N-dealkylation sites (N-methyl/N-ethyl adjacent to an activating group) is 1. The topological polar surface area (TPSA) is 61.7 Å². The van der Waals surface area contributed by atoms with Gasteiger partial charge in [-0.1, -0.05) is 0 Å². The third-order valence-corrected chi connectivity index (χ3v) is 4.97. The number of anilines is 1. The number of ether oxygens (including phenoxy) is 1. The van der Waals surface area contributed by atoms with Crippen LogP contribution in [0.1, 0.15) is 24.5 Å². The molecule has 6 nitrogen and oxygen atoms in total. The van der Waals surface area contributed by atoms with Gasteiger partial charge in [0.05, 0.1) is 31.1 Å². The van der Waals surface area contributed by atoms with Crippen LogP contribution < -0.4 is 4.90 Å². The fraction of sp³-hybridized carbons (Fsp3) is 0.733. The maximum absolute atomic E-state index is 9.90. The van der Waals surface area contributed by atoms with Gasteiger partial charge in [-0.2, -0.15) is 5.10 Å². The molecule has 0 amide bonds. The Kier molecular flexibility index (Phi) is 3.32. The van der Waals surface area contributed by atoms with Gasteiger partial charge >= 0.3 is 0 Å². The lowest BCUT2D eigenvalue weighted by Gasteiger charge is -2.46. The van der Waals surface area contributed by atoms with E-state index in [4.69, 9.17) is 4.74 Å². The lowest BCUT2D eigenvalue weighted by atomic mass is 10.0. The molecule has 4 rings (SSSR count). The number of rotatable bonds is 4. The average Bonchev–Trinajstić information content (AvgIpc) is 3.20. The van der Waals surface area contributed by atoms with Gasteiger partial charge in [-0.25, -0.2) is 0 Å². The molecular formula is C15H22N4O2. The standard InChI is InChI=1S/C15H22N4O2/c1-18(13-8-21-9-14(13)20)11-6-19(7-11)15-5-4-12(16-17-15)10-2-3-10/h4-5,10-11,13-14,20H,2-3,6-9H2,1H3. The summed E-state index contributed by atoms with van der Waals surface area (Å²) in [5.41, 5.74) is 1.14. The molecule has 1 saturated carbocycles. The van der Waals surface area contributed by atoms with Crippen molar-refractivity contribution in [3.8, 4) is 0 Å². The molecule has 21 heavy (non-hydrogen) atoms. The molecule has 114 valence electrons. The molecule has 6 heteroatoms. The smallest absolute Gasteiger partial charge is 0.151 e. The quantitative estimate of drug-likeness (QED) is 0.857. The summed E-state index contributed by atoms with van der Waals surface area (Å²) in [6, 6.07) is 4.78. The molecule has 1 aromatic heterocycles. The van der Waals surface area contributed by atoms with Crippen molar-refractivity contribution in [2.75, 3.05) is 38.3 Å². The second kappa shape index (κ2) is 5.19. The zero-order valence-electron chi connectivity index (χ0n) is 12.4. The van der Waals surface area contributed by atoms with Gasteiger partial charge in [0.15, 0.2) is 5.82 Å². The molecule has 1 aromatic rings. The van der Waals surface area contributed by atoms with E-state index < -0.39 is 0 Å². The Balaban J connectivity index is 1.33. The van der Waals surface area contributed by atoms with Crippen LogP contribution in [0.3, 0.4) is 0 Å². The van der Waals surface area contributed by atoms with Gasteiger partial charge < -0.3 is 14.7 Å². The largest absolute Gasteiger partial charge is 0.389 e. The molecule has 0 radical (unpaired) electrons. The summed E-state index contributed by atoms with van der Waals surface area (Å²) < 4.78 is 5.33. The van der Waals surface area contributed by atoms with Crippen molar-refractivity contribution in [2.45, 2.75) is 36.9 Å². The van der Waals surface area contributed by atoms with Crippen molar-refractivity contribution >= 4 is 5.82 Å². The normalized spacial score (nSPS) is 30.0. The van der Waals surface area contributed by atoms with E-state index in [1.54, 1.807) is 0 Å². The minimum Gasteiger partial charge on any atom is -0.389 e. The predicted octanol–water partition coefficient (Wildman–Crippen LogP) is 0.234. The summed E-state index contributed by atoms with van der Waals surface area (Å²) in [5.74, 6) is 1.62. The van der Waals surface area contributed by atoms with E-state index in [1.807, 2.05) is 0 Å². The molecule has 2 atom stereocenters. The molecule has 3 fully saturated rings. The van der Waals surface area contributed by atoms with Gasteiger partial charge in [-0.15, -0.1) is 5.10 Å².